The highest BCUT2D eigenvalue weighted by Crippen LogP contribution is 2.25. The molecule has 0 radical (unpaired) electrons. The van der Waals surface area contributed by atoms with Gasteiger partial charge in [0.15, 0.2) is 0 Å². The van der Waals surface area contributed by atoms with E-state index in [1.54, 1.807) is 6.08 Å². The maximum absolute atomic E-state index is 13.2. The summed E-state index contributed by atoms with van der Waals surface area (Å²) in [4.78, 5) is 34.6. The lowest BCUT2D eigenvalue weighted by Gasteiger charge is -2.48. The molecular formula is C31H36N4O2. The molecule has 2 aromatic carbocycles. The molecule has 0 bridgehead atoms. The summed E-state index contributed by atoms with van der Waals surface area (Å²) in [5.41, 5.74) is 5.30. The summed E-state index contributed by atoms with van der Waals surface area (Å²) in [5, 5.41) is 0. The van der Waals surface area contributed by atoms with Gasteiger partial charge in [0.05, 0.1) is 0 Å². The van der Waals surface area contributed by atoms with E-state index < -0.39 is 0 Å². The second kappa shape index (κ2) is 11.3. The van der Waals surface area contributed by atoms with E-state index in [-0.39, 0.29) is 11.8 Å². The van der Waals surface area contributed by atoms with E-state index in [1.165, 1.54) is 16.7 Å². The van der Waals surface area contributed by atoms with Crippen LogP contribution in [0.4, 0.5) is 0 Å². The quantitative estimate of drug-likeness (QED) is 0.550. The Labute approximate surface area is 220 Å². The molecule has 2 fully saturated rings. The second-order valence-electron chi connectivity index (χ2n) is 10.2. The molecule has 0 aliphatic carbocycles. The molecular weight excluding hydrogens is 460 g/mol. The smallest absolute Gasteiger partial charge is 0.253 e. The number of benzene rings is 2. The number of amides is 2. The van der Waals surface area contributed by atoms with Crippen molar-refractivity contribution in [2.75, 3.05) is 52.4 Å². The molecule has 2 aromatic rings. The fourth-order valence-electron chi connectivity index (χ4n) is 5.56. The zero-order chi connectivity index (χ0) is 25.8. The third-order valence-corrected chi connectivity index (χ3v) is 7.83. The van der Waals surface area contributed by atoms with E-state index in [9.17, 15) is 9.59 Å². The van der Waals surface area contributed by atoms with Gasteiger partial charge in [0.1, 0.15) is 0 Å². The lowest BCUT2D eigenvalue weighted by Crippen LogP contribution is -2.64. The van der Waals surface area contributed by atoms with E-state index in [0.717, 1.165) is 76.5 Å². The Balaban J connectivity index is 1.11. The van der Waals surface area contributed by atoms with Gasteiger partial charge in [0, 0.05) is 76.1 Å². The third kappa shape index (κ3) is 5.60. The molecule has 3 aliphatic rings. The van der Waals surface area contributed by atoms with Crippen LogP contribution < -0.4 is 0 Å². The van der Waals surface area contributed by atoms with Crippen LogP contribution in [-0.4, -0.2) is 89.8 Å². The van der Waals surface area contributed by atoms with Crippen molar-refractivity contribution in [2.24, 2.45) is 0 Å². The highest BCUT2D eigenvalue weighted by Gasteiger charge is 2.37. The van der Waals surface area contributed by atoms with Gasteiger partial charge >= 0.3 is 0 Å². The zero-order valence-corrected chi connectivity index (χ0v) is 21.5. The maximum Gasteiger partial charge on any atom is 0.253 e. The van der Waals surface area contributed by atoms with E-state index >= 15 is 0 Å². The van der Waals surface area contributed by atoms with Crippen molar-refractivity contribution in [3.05, 3.63) is 108 Å². The van der Waals surface area contributed by atoms with E-state index in [1.807, 2.05) is 58.4 Å². The summed E-state index contributed by atoms with van der Waals surface area (Å²) in [5.74, 6) is 0.234. The number of carbonyl (C=O) groups is 2. The monoisotopic (exact) mass is 496 g/mol. The number of rotatable bonds is 7. The topological polar surface area (TPSA) is 47.1 Å². The van der Waals surface area contributed by atoms with Gasteiger partial charge < -0.3 is 9.80 Å². The van der Waals surface area contributed by atoms with Crippen LogP contribution in [0.1, 0.15) is 31.8 Å². The van der Waals surface area contributed by atoms with Crippen LogP contribution in [0.15, 0.2) is 85.5 Å². The van der Waals surface area contributed by atoms with Crippen molar-refractivity contribution >= 4 is 11.8 Å². The molecule has 0 N–H and O–H groups in total. The third-order valence-electron chi connectivity index (χ3n) is 7.83. The Morgan fingerprint density at radius 2 is 1.57 bits per heavy atom. The Kier molecular flexibility index (Phi) is 7.68. The Morgan fingerprint density at radius 1 is 0.838 bits per heavy atom. The molecule has 5 rings (SSSR count). The number of hydrogen-bond acceptors (Lipinski definition) is 4. The van der Waals surface area contributed by atoms with Crippen molar-refractivity contribution in [3.63, 3.8) is 0 Å². The molecule has 2 amide bonds. The van der Waals surface area contributed by atoms with Crippen molar-refractivity contribution in [3.8, 4) is 0 Å². The number of likely N-dealkylation sites (tertiary alicyclic amines) is 1. The highest BCUT2D eigenvalue weighted by molar-refractivity contribution is 5.95. The molecule has 6 heteroatoms. The van der Waals surface area contributed by atoms with Crippen molar-refractivity contribution in [2.45, 2.75) is 19.0 Å². The SMILES string of the molecule is C=C/C=C(\C=C)CN1CCc2cc(C(=O)N3CC(N4CCN(C(=O)c5ccccc5)CC4)C3)ccc2C1. The van der Waals surface area contributed by atoms with Crippen LogP contribution in [0, 0.1) is 0 Å². The number of carbonyl (C=O) groups excluding carboxylic acids is 2. The molecule has 6 nitrogen and oxygen atoms in total. The summed E-state index contributed by atoms with van der Waals surface area (Å²) < 4.78 is 0. The normalized spacial score (nSPS) is 19.2. The van der Waals surface area contributed by atoms with Crippen LogP contribution in [-0.2, 0) is 13.0 Å². The van der Waals surface area contributed by atoms with Gasteiger partial charge in [-0.15, -0.1) is 0 Å². The van der Waals surface area contributed by atoms with Gasteiger partial charge in [-0.2, -0.15) is 0 Å². The standard InChI is InChI=1S/C31H36N4O2/c1-3-8-24(4-2)20-32-14-13-26-19-27(11-12-28(26)21-32)31(37)35-22-29(23-35)33-15-17-34(18-16-33)30(36)25-9-6-5-7-10-25/h3-12,19,29H,1-2,13-18,20-23H2/b24-8+. The van der Waals surface area contributed by atoms with Crippen LogP contribution >= 0.6 is 0 Å². The van der Waals surface area contributed by atoms with Crippen LogP contribution in [0.3, 0.4) is 0 Å². The number of nitrogens with zero attached hydrogens (tertiary/aromatic N) is 4. The van der Waals surface area contributed by atoms with Gasteiger partial charge in [-0.05, 0) is 47.4 Å². The number of fused-ring (bicyclic) bond motifs is 1. The minimum Gasteiger partial charge on any atom is -0.336 e. The molecule has 0 atom stereocenters. The first kappa shape index (κ1) is 25.2. The van der Waals surface area contributed by atoms with Crippen LogP contribution in [0.2, 0.25) is 0 Å². The fourth-order valence-corrected chi connectivity index (χ4v) is 5.56. The number of hydrogen-bond donors (Lipinski definition) is 0. The summed E-state index contributed by atoms with van der Waals surface area (Å²) in [6.07, 6.45) is 6.65. The minimum absolute atomic E-state index is 0.107. The molecule has 0 saturated carbocycles. The van der Waals surface area contributed by atoms with Crippen molar-refractivity contribution in [1.82, 2.24) is 19.6 Å². The molecule has 3 aliphatic heterocycles. The predicted octanol–water partition coefficient (Wildman–Crippen LogP) is 3.63. The first-order valence-corrected chi connectivity index (χ1v) is 13.2. The summed E-state index contributed by atoms with van der Waals surface area (Å²) in [6.45, 7) is 15.1. The summed E-state index contributed by atoms with van der Waals surface area (Å²) >= 11 is 0. The van der Waals surface area contributed by atoms with Crippen molar-refractivity contribution < 1.29 is 9.59 Å². The lowest BCUT2D eigenvalue weighted by atomic mass is 9.95. The van der Waals surface area contributed by atoms with Gasteiger partial charge in [0.25, 0.3) is 11.8 Å². The Bertz CT molecular complexity index is 1190. The predicted molar refractivity (Wildman–Crippen MR) is 148 cm³/mol. The van der Waals surface area contributed by atoms with Gasteiger partial charge in [-0.1, -0.05) is 55.7 Å². The first-order valence-electron chi connectivity index (χ1n) is 13.2. The van der Waals surface area contributed by atoms with Crippen LogP contribution in [0.5, 0.6) is 0 Å². The number of piperazine rings is 1. The molecule has 37 heavy (non-hydrogen) atoms. The summed E-state index contributed by atoms with van der Waals surface area (Å²) in [6, 6.07) is 16.1. The lowest BCUT2D eigenvalue weighted by molar-refractivity contribution is 0.00853. The van der Waals surface area contributed by atoms with Gasteiger partial charge in [0.2, 0.25) is 0 Å². The first-order chi connectivity index (χ1) is 18.1. The summed E-state index contributed by atoms with van der Waals surface area (Å²) in [7, 11) is 0. The van der Waals surface area contributed by atoms with E-state index in [0.29, 0.717) is 6.04 Å². The Hall–Kier alpha value is -3.48. The van der Waals surface area contributed by atoms with E-state index in [4.69, 9.17) is 0 Å². The minimum atomic E-state index is 0.107. The van der Waals surface area contributed by atoms with E-state index in [2.05, 4.69) is 35.1 Å². The average molecular weight is 497 g/mol. The van der Waals surface area contributed by atoms with Crippen molar-refractivity contribution in [1.29, 1.82) is 0 Å². The fraction of sp³-hybridized carbons (Fsp3) is 0.355. The Morgan fingerprint density at radius 3 is 2.27 bits per heavy atom. The highest BCUT2D eigenvalue weighted by atomic mass is 16.2. The van der Waals surface area contributed by atoms with Gasteiger partial charge in [-0.3, -0.25) is 19.4 Å². The molecule has 0 spiro atoms. The molecule has 2 saturated heterocycles. The molecule has 0 aromatic heterocycles. The average Bonchev–Trinajstić information content (AvgIpc) is 2.92. The largest absolute Gasteiger partial charge is 0.336 e. The van der Waals surface area contributed by atoms with Gasteiger partial charge in [-0.25, -0.2) is 0 Å². The number of allylic oxidation sites excluding steroid dienone is 2. The maximum atomic E-state index is 13.2. The molecule has 3 heterocycles. The zero-order valence-electron chi connectivity index (χ0n) is 21.5. The second-order valence-corrected chi connectivity index (χ2v) is 10.2. The van der Waals surface area contributed by atoms with Crippen LogP contribution in [0.25, 0.3) is 0 Å². The molecule has 0 unspecified atom stereocenters. The molecule has 192 valence electrons.